The quantitative estimate of drug-likeness (QED) is 0.619. The smallest absolute Gasteiger partial charge is 0.173 e. The predicted molar refractivity (Wildman–Crippen MR) is 119 cm³/mol. The summed E-state index contributed by atoms with van der Waals surface area (Å²) in [6, 6.07) is 18.7. The molecule has 7 heteroatoms. The average Bonchev–Trinajstić information content (AvgIpc) is 3.22. The van der Waals surface area contributed by atoms with Gasteiger partial charge in [0, 0.05) is 37.7 Å². The van der Waals surface area contributed by atoms with Gasteiger partial charge < -0.3 is 0 Å². The van der Waals surface area contributed by atoms with E-state index < -0.39 is 0 Å². The maximum absolute atomic E-state index is 6.16. The number of tetrazole rings is 1. The maximum atomic E-state index is 6.16. The zero-order valence-electron chi connectivity index (χ0n) is 17.9. The summed E-state index contributed by atoms with van der Waals surface area (Å²) in [6.07, 6.45) is 0. The van der Waals surface area contributed by atoms with E-state index in [1.54, 1.807) is 0 Å². The molecule has 2 heterocycles. The highest BCUT2D eigenvalue weighted by atomic mass is 35.5. The molecule has 3 aromatic rings. The number of nitrogens with zero attached hydrogens (tertiary/aromatic N) is 6. The fourth-order valence-electron chi connectivity index (χ4n) is 4.03. The minimum atomic E-state index is -0.196. The largest absolute Gasteiger partial charge is 0.297 e. The first-order valence-electron chi connectivity index (χ1n) is 10.5. The molecule has 1 aliphatic heterocycles. The van der Waals surface area contributed by atoms with E-state index in [1.165, 1.54) is 5.56 Å². The molecule has 0 radical (unpaired) electrons. The van der Waals surface area contributed by atoms with Crippen LogP contribution >= 0.6 is 11.6 Å². The van der Waals surface area contributed by atoms with Crippen LogP contribution in [0.5, 0.6) is 0 Å². The molecule has 4 rings (SSSR count). The van der Waals surface area contributed by atoms with Crippen LogP contribution in [-0.2, 0) is 12.1 Å². The summed E-state index contributed by atoms with van der Waals surface area (Å²) in [5.74, 6) is 0.876. The fourth-order valence-corrected chi connectivity index (χ4v) is 4.16. The molecule has 1 fully saturated rings. The minimum absolute atomic E-state index is 0.00429. The van der Waals surface area contributed by atoms with Crippen molar-refractivity contribution in [2.24, 2.45) is 0 Å². The molecule has 0 bridgehead atoms. The van der Waals surface area contributed by atoms with Crippen molar-refractivity contribution in [2.45, 2.75) is 38.9 Å². The topological polar surface area (TPSA) is 50.1 Å². The normalized spacial score (nSPS) is 17.2. The number of benzene rings is 2. The Morgan fingerprint density at radius 2 is 1.60 bits per heavy atom. The van der Waals surface area contributed by atoms with Gasteiger partial charge in [-0.2, -0.15) is 0 Å². The first kappa shape index (κ1) is 21.0. The van der Waals surface area contributed by atoms with Gasteiger partial charge in [0.2, 0.25) is 0 Å². The number of rotatable bonds is 5. The van der Waals surface area contributed by atoms with Crippen LogP contribution in [0.2, 0.25) is 5.02 Å². The molecular weight excluding hydrogens is 396 g/mol. The van der Waals surface area contributed by atoms with Gasteiger partial charge >= 0.3 is 0 Å². The Bertz CT molecular complexity index is 940. The molecule has 0 aliphatic carbocycles. The Morgan fingerprint density at radius 1 is 0.933 bits per heavy atom. The van der Waals surface area contributed by atoms with Crippen molar-refractivity contribution >= 4 is 11.6 Å². The van der Waals surface area contributed by atoms with Gasteiger partial charge in [-0.05, 0) is 54.5 Å². The molecule has 1 atom stereocenters. The Balaban J connectivity index is 1.57. The first-order chi connectivity index (χ1) is 14.4. The molecule has 1 aliphatic rings. The van der Waals surface area contributed by atoms with Gasteiger partial charge in [0.25, 0.3) is 0 Å². The van der Waals surface area contributed by atoms with E-state index >= 15 is 0 Å². The maximum Gasteiger partial charge on any atom is 0.173 e. The molecule has 158 valence electrons. The third-order valence-electron chi connectivity index (χ3n) is 5.58. The summed E-state index contributed by atoms with van der Waals surface area (Å²) >= 11 is 6.16. The second-order valence-corrected chi connectivity index (χ2v) is 9.31. The van der Waals surface area contributed by atoms with Crippen LogP contribution in [0.25, 0.3) is 0 Å². The van der Waals surface area contributed by atoms with Crippen molar-refractivity contribution in [3.8, 4) is 0 Å². The van der Waals surface area contributed by atoms with Crippen LogP contribution in [0.4, 0.5) is 0 Å². The Hall–Kier alpha value is -2.28. The summed E-state index contributed by atoms with van der Waals surface area (Å²) in [6.45, 7) is 11.3. The lowest BCUT2D eigenvalue weighted by atomic mass is 10.0. The summed E-state index contributed by atoms with van der Waals surface area (Å²) in [7, 11) is 0. The van der Waals surface area contributed by atoms with E-state index in [-0.39, 0.29) is 11.6 Å². The Labute approximate surface area is 183 Å². The van der Waals surface area contributed by atoms with E-state index in [2.05, 4.69) is 88.6 Å². The van der Waals surface area contributed by atoms with Crippen LogP contribution in [0.3, 0.4) is 0 Å². The number of hydrogen-bond donors (Lipinski definition) is 0. The van der Waals surface area contributed by atoms with Gasteiger partial charge in [-0.1, -0.05) is 54.1 Å². The average molecular weight is 425 g/mol. The molecule has 0 spiro atoms. The highest BCUT2D eigenvalue weighted by Gasteiger charge is 2.33. The van der Waals surface area contributed by atoms with Crippen molar-refractivity contribution in [2.75, 3.05) is 26.2 Å². The summed E-state index contributed by atoms with van der Waals surface area (Å²) in [4.78, 5) is 5.00. The van der Waals surface area contributed by atoms with E-state index in [4.69, 9.17) is 11.6 Å². The zero-order valence-corrected chi connectivity index (χ0v) is 18.6. The molecule has 1 aromatic heterocycles. The van der Waals surface area contributed by atoms with E-state index in [1.807, 2.05) is 16.8 Å². The highest BCUT2D eigenvalue weighted by Crippen LogP contribution is 2.31. The molecule has 30 heavy (non-hydrogen) atoms. The van der Waals surface area contributed by atoms with Crippen LogP contribution < -0.4 is 0 Å². The second kappa shape index (κ2) is 8.84. The van der Waals surface area contributed by atoms with E-state index in [0.717, 1.165) is 49.1 Å². The molecule has 0 N–H and O–H groups in total. The highest BCUT2D eigenvalue weighted by molar-refractivity contribution is 6.30. The van der Waals surface area contributed by atoms with E-state index in [9.17, 15) is 0 Å². The lowest BCUT2D eigenvalue weighted by Gasteiger charge is -2.39. The molecule has 0 unspecified atom stereocenters. The van der Waals surface area contributed by atoms with Crippen molar-refractivity contribution in [3.05, 3.63) is 76.6 Å². The number of piperazine rings is 1. The van der Waals surface area contributed by atoms with Crippen LogP contribution in [0.1, 0.15) is 43.8 Å². The lowest BCUT2D eigenvalue weighted by molar-refractivity contribution is 0.0979. The molecule has 2 aromatic carbocycles. The van der Waals surface area contributed by atoms with Gasteiger partial charge in [0.05, 0.1) is 11.6 Å². The molecule has 6 nitrogen and oxygen atoms in total. The third kappa shape index (κ3) is 4.72. The molecular formula is C23H29ClN6. The van der Waals surface area contributed by atoms with Crippen molar-refractivity contribution in [1.82, 2.24) is 30.0 Å². The van der Waals surface area contributed by atoms with Gasteiger partial charge in [0.1, 0.15) is 0 Å². The standard InChI is InChI=1S/C23H29ClN6/c1-23(2,3)30-22(25-26-27-30)21(19-9-11-20(24)12-10-19)29-15-13-28(14-16-29)17-18-7-5-4-6-8-18/h4-12,21H,13-17H2,1-3H3/t21-/m1/s1. The van der Waals surface area contributed by atoms with Crippen molar-refractivity contribution in [3.63, 3.8) is 0 Å². The van der Waals surface area contributed by atoms with Gasteiger partial charge in [-0.15, -0.1) is 5.10 Å². The molecule has 0 amide bonds. The fraction of sp³-hybridized carbons (Fsp3) is 0.435. The van der Waals surface area contributed by atoms with Gasteiger partial charge in [-0.3, -0.25) is 9.80 Å². The van der Waals surface area contributed by atoms with Crippen LogP contribution in [-0.4, -0.2) is 56.2 Å². The summed E-state index contributed by atoms with van der Waals surface area (Å²) in [5.41, 5.74) is 2.33. The van der Waals surface area contributed by atoms with Crippen molar-refractivity contribution < 1.29 is 0 Å². The van der Waals surface area contributed by atoms with Crippen LogP contribution in [0, 0.1) is 0 Å². The number of hydrogen-bond acceptors (Lipinski definition) is 5. The van der Waals surface area contributed by atoms with Crippen molar-refractivity contribution in [1.29, 1.82) is 0 Å². The second-order valence-electron chi connectivity index (χ2n) is 8.87. The summed E-state index contributed by atoms with van der Waals surface area (Å²) < 4.78 is 1.95. The SMILES string of the molecule is CC(C)(C)n1nnnc1[C@@H](c1ccc(Cl)cc1)N1CCN(Cc2ccccc2)CC1. The zero-order chi connectivity index (χ0) is 21.1. The minimum Gasteiger partial charge on any atom is -0.297 e. The monoisotopic (exact) mass is 424 g/mol. The van der Waals surface area contributed by atoms with Gasteiger partial charge in [-0.25, -0.2) is 4.68 Å². The lowest BCUT2D eigenvalue weighted by Crippen LogP contribution is -2.48. The number of aromatic nitrogens is 4. The Kier molecular flexibility index (Phi) is 6.18. The predicted octanol–water partition coefficient (Wildman–Crippen LogP) is 3.99. The number of halogens is 1. The summed E-state index contributed by atoms with van der Waals surface area (Å²) in [5, 5.41) is 13.5. The van der Waals surface area contributed by atoms with Crippen LogP contribution in [0.15, 0.2) is 54.6 Å². The third-order valence-corrected chi connectivity index (χ3v) is 5.83. The van der Waals surface area contributed by atoms with E-state index in [0.29, 0.717) is 0 Å². The van der Waals surface area contributed by atoms with Gasteiger partial charge in [0.15, 0.2) is 5.82 Å². The Morgan fingerprint density at radius 3 is 2.23 bits per heavy atom. The molecule has 1 saturated heterocycles. The first-order valence-corrected chi connectivity index (χ1v) is 10.8. The molecule has 0 saturated carbocycles.